The van der Waals surface area contributed by atoms with Crippen molar-refractivity contribution in [2.45, 2.75) is 58.9 Å². The van der Waals surface area contributed by atoms with Gasteiger partial charge in [0, 0.05) is 12.1 Å². The fourth-order valence-electron chi connectivity index (χ4n) is 1.92. The van der Waals surface area contributed by atoms with Crippen LogP contribution in [0.15, 0.2) is 0 Å². The molecule has 1 fully saturated rings. The highest BCUT2D eigenvalue weighted by atomic mass is 16.1. The second kappa shape index (κ2) is 5.17. The molecule has 1 saturated carbocycles. The highest BCUT2D eigenvalue weighted by Crippen LogP contribution is 2.48. The summed E-state index contributed by atoms with van der Waals surface area (Å²) in [4.78, 5) is 11.6. The Kier molecular flexibility index (Phi) is 4.36. The summed E-state index contributed by atoms with van der Waals surface area (Å²) in [6, 6.07) is 0. The summed E-state index contributed by atoms with van der Waals surface area (Å²) in [5.41, 5.74) is 0.462. The Morgan fingerprint density at radius 1 is 1.31 bits per heavy atom. The van der Waals surface area contributed by atoms with E-state index in [9.17, 15) is 4.79 Å². The highest BCUT2D eigenvalue weighted by molar-refractivity contribution is 5.78. The zero-order chi connectivity index (χ0) is 12.2. The van der Waals surface area contributed by atoms with Crippen LogP contribution >= 0.6 is 0 Å². The van der Waals surface area contributed by atoms with Gasteiger partial charge in [0.2, 0.25) is 5.91 Å². The first-order chi connectivity index (χ1) is 7.37. The molecule has 0 aromatic rings. The fourth-order valence-corrected chi connectivity index (χ4v) is 1.92. The van der Waals surface area contributed by atoms with Crippen LogP contribution in [0.5, 0.6) is 0 Å². The van der Waals surface area contributed by atoms with Gasteiger partial charge in [0.15, 0.2) is 0 Å². The van der Waals surface area contributed by atoms with Crippen LogP contribution < -0.4 is 10.6 Å². The summed E-state index contributed by atoms with van der Waals surface area (Å²) in [7, 11) is 0. The lowest BCUT2D eigenvalue weighted by Gasteiger charge is -2.21. The highest BCUT2D eigenvalue weighted by Gasteiger charge is 2.41. The number of rotatable bonds is 6. The molecule has 94 valence electrons. The molecule has 1 amide bonds. The van der Waals surface area contributed by atoms with Crippen LogP contribution in [0.3, 0.4) is 0 Å². The Bertz CT molecular complexity index is 239. The molecule has 0 bridgehead atoms. The molecule has 0 unspecified atom stereocenters. The Balaban J connectivity index is 2.16. The molecule has 0 aliphatic heterocycles. The van der Waals surface area contributed by atoms with E-state index in [-0.39, 0.29) is 11.4 Å². The van der Waals surface area contributed by atoms with Crippen LogP contribution in [0.1, 0.15) is 53.4 Å². The molecule has 0 aromatic carbocycles. The Hall–Kier alpha value is -0.570. The van der Waals surface area contributed by atoms with Crippen LogP contribution in [0.2, 0.25) is 0 Å². The van der Waals surface area contributed by atoms with Crippen molar-refractivity contribution in [1.82, 2.24) is 10.6 Å². The summed E-state index contributed by atoms with van der Waals surface area (Å²) < 4.78 is 0. The smallest absolute Gasteiger partial charge is 0.233 e. The molecule has 1 aliphatic rings. The molecule has 3 nitrogen and oxygen atoms in total. The quantitative estimate of drug-likeness (QED) is 0.728. The van der Waals surface area contributed by atoms with E-state index in [0.717, 1.165) is 6.54 Å². The predicted molar refractivity (Wildman–Crippen MR) is 67.3 cm³/mol. The Labute approximate surface area is 99.4 Å². The molecule has 0 atom stereocenters. The number of hydrogen-bond acceptors (Lipinski definition) is 2. The van der Waals surface area contributed by atoms with Crippen LogP contribution in [0, 0.1) is 5.41 Å². The van der Waals surface area contributed by atoms with E-state index in [4.69, 9.17) is 0 Å². The number of amides is 1. The second-order valence-electron chi connectivity index (χ2n) is 6.13. The van der Waals surface area contributed by atoms with Gasteiger partial charge >= 0.3 is 0 Å². The third-order valence-electron chi connectivity index (χ3n) is 3.18. The molecule has 3 heteroatoms. The van der Waals surface area contributed by atoms with E-state index in [2.05, 4.69) is 38.3 Å². The Morgan fingerprint density at radius 3 is 2.38 bits per heavy atom. The fraction of sp³-hybridized carbons (Fsp3) is 0.923. The number of hydrogen-bond donors (Lipinski definition) is 2. The monoisotopic (exact) mass is 226 g/mol. The lowest BCUT2D eigenvalue weighted by atomic mass is 10.0. The lowest BCUT2D eigenvalue weighted by molar-refractivity contribution is -0.120. The SMILES string of the molecule is CCCC1(CNC(=O)CNC(C)(C)C)CC1. The van der Waals surface area contributed by atoms with Gasteiger partial charge in [-0.2, -0.15) is 0 Å². The van der Waals surface area contributed by atoms with E-state index in [1.165, 1.54) is 25.7 Å². The molecule has 0 spiro atoms. The van der Waals surface area contributed by atoms with Crippen molar-refractivity contribution in [3.63, 3.8) is 0 Å². The van der Waals surface area contributed by atoms with Gasteiger partial charge in [0.25, 0.3) is 0 Å². The van der Waals surface area contributed by atoms with Gasteiger partial charge in [0.1, 0.15) is 0 Å². The maximum Gasteiger partial charge on any atom is 0.233 e. The predicted octanol–water partition coefficient (Wildman–Crippen LogP) is 2.07. The van der Waals surface area contributed by atoms with Gasteiger partial charge < -0.3 is 10.6 Å². The zero-order valence-corrected chi connectivity index (χ0v) is 11.2. The van der Waals surface area contributed by atoms with E-state index in [0.29, 0.717) is 12.0 Å². The van der Waals surface area contributed by atoms with Crippen molar-refractivity contribution in [3.05, 3.63) is 0 Å². The van der Waals surface area contributed by atoms with Crippen molar-refractivity contribution < 1.29 is 4.79 Å². The summed E-state index contributed by atoms with van der Waals surface area (Å²) >= 11 is 0. The maximum atomic E-state index is 11.6. The molecular formula is C13H26N2O. The standard InChI is InChI=1S/C13H26N2O/c1-5-6-13(7-8-13)10-14-11(16)9-15-12(2,3)4/h15H,5-10H2,1-4H3,(H,14,16). The first-order valence-electron chi connectivity index (χ1n) is 6.39. The molecule has 0 saturated heterocycles. The average Bonchev–Trinajstić information content (AvgIpc) is 2.92. The average molecular weight is 226 g/mol. The summed E-state index contributed by atoms with van der Waals surface area (Å²) in [5, 5.41) is 6.24. The lowest BCUT2D eigenvalue weighted by Crippen LogP contribution is -2.44. The summed E-state index contributed by atoms with van der Waals surface area (Å²) in [6.45, 7) is 9.71. The van der Waals surface area contributed by atoms with Crippen molar-refractivity contribution in [2.24, 2.45) is 5.41 Å². The zero-order valence-electron chi connectivity index (χ0n) is 11.2. The molecular weight excluding hydrogens is 200 g/mol. The summed E-state index contributed by atoms with van der Waals surface area (Å²) in [6.07, 6.45) is 5.04. The van der Waals surface area contributed by atoms with Crippen molar-refractivity contribution >= 4 is 5.91 Å². The van der Waals surface area contributed by atoms with Gasteiger partial charge in [-0.05, 0) is 45.4 Å². The van der Waals surface area contributed by atoms with Crippen LogP contribution in [0.4, 0.5) is 0 Å². The molecule has 0 aromatic heterocycles. The molecule has 16 heavy (non-hydrogen) atoms. The van der Waals surface area contributed by atoms with E-state index in [1.807, 2.05) is 0 Å². The van der Waals surface area contributed by atoms with Crippen LogP contribution in [-0.2, 0) is 4.79 Å². The first-order valence-corrected chi connectivity index (χ1v) is 6.39. The van der Waals surface area contributed by atoms with Gasteiger partial charge in [-0.25, -0.2) is 0 Å². The normalized spacial score (nSPS) is 18.2. The first kappa shape index (κ1) is 13.5. The van der Waals surface area contributed by atoms with Crippen molar-refractivity contribution in [2.75, 3.05) is 13.1 Å². The topological polar surface area (TPSA) is 41.1 Å². The number of nitrogens with one attached hydrogen (secondary N) is 2. The summed E-state index contributed by atoms with van der Waals surface area (Å²) in [5.74, 6) is 0.123. The second-order valence-corrected chi connectivity index (χ2v) is 6.13. The number of carbonyl (C=O) groups is 1. The van der Waals surface area contributed by atoms with E-state index < -0.39 is 0 Å². The number of carbonyl (C=O) groups excluding carboxylic acids is 1. The third-order valence-corrected chi connectivity index (χ3v) is 3.18. The Morgan fingerprint density at radius 2 is 1.94 bits per heavy atom. The van der Waals surface area contributed by atoms with E-state index >= 15 is 0 Å². The molecule has 1 rings (SSSR count). The van der Waals surface area contributed by atoms with Gasteiger partial charge in [-0.3, -0.25) is 4.79 Å². The van der Waals surface area contributed by atoms with Crippen molar-refractivity contribution in [1.29, 1.82) is 0 Å². The maximum absolute atomic E-state index is 11.6. The molecule has 1 aliphatic carbocycles. The van der Waals surface area contributed by atoms with E-state index in [1.54, 1.807) is 0 Å². The van der Waals surface area contributed by atoms with Gasteiger partial charge in [-0.15, -0.1) is 0 Å². The van der Waals surface area contributed by atoms with Gasteiger partial charge in [0.05, 0.1) is 6.54 Å². The van der Waals surface area contributed by atoms with Crippen LogP contribution in [0.25, 0.3) is 0 Å². The largest absolute Gasteiger partial charge is 0.354 e. The van der Waals surface area contributed by atoms with Gasteiger partial charge in [-0.1, -0.05) is 13.3 Å². The van der Waals surface area contributed by atoms with Crippen molar-refractivity contribution in [3.8, 4) is 0 Å². The van der Waals surface area contributed by atoms with Crippen LogP contribution in [-0.4, -0.2) is 24.5 Å². The minimum atomic E-state index is 0.0119. The minimum absolute atomic E-state index is 0.0119. The third kappa shape index (κ3) is 4.97. The minimum Gasteiger partial charge on any atom is -0.354 e. The molecule has 0 heterocycles. The molecule has 2 N–H and O–H groups in total. The molecule has 0 radical (unpaired) electrons.